The molecule has 4 aliphatic carbocycles. The molecule has 274 valence electrons. The van der Waals surface area contributed by atoms with Gasteiger partial charge in [-0.1, -0.05) is 65.0 Å². The third-order valence-corrected chi connectivity index (χ3v) is 16.4. The van der Waals surface area contributed by atoms with Gasteiger partial charge in [0.05, 0.1) is 23.9 Å². The minimum Gasteiger partial charge on any atom is -0.461 e. The van der Waals surface area contributed by atoms with Crippen LogP contribution in [0.4, 0.5) is 0 Å². The van der Waals surface area contributed by atoms with E-state index >= 15 is 0 Å². The number of esters is 1. The lowest BCUT2D eigenvalue weighted by Crippen LogP contribution is -2.67. The first-order chi connectivity index (χ1) is 23.0. The molecule has 7 rings (SSSR count). The monoisotopic (exact) mass is 677 g/mol. The second-order valence-corrected chi connectivity index (χ2v) is 19.9. The average Bonchev–Trinajstić information content (AvgIpc) is 3.42. The van der Waals surface area contributed by atoms with Crippen molar-refractivity contribution in [1.82, 2.24) is 9.80 Å². The SMILES string of the molecule is CC1(C)CCC[C@](C)([C@H]2CC[C@]3(C)[C@@H]2[C@H](O)C[C@@H]2[C@@]4(C)CC[C@H](OC(=O)CN5CCN(Cc6ccccc6)CC5)C(C)(C)[C@@H]4CC[C@]23C)O1. The van der Waals surface area contributed by atoms with E-state index in [1.54, 1.807) is 0 Å². The molecule has 0 amide bonds. The van der Waals surface area contributed by atoms with E-state index in [2.05, 4.69) is 95.5 Å². The summed E-state index contributed by atoms with van der Waals surface area (Å²) in [7, 11) is 0. The molecule has 1 aromatic carbocycles. The lowest BCUT2D eigenvalue weighted by Gasteiger charge is -2.70. The lowest BCUT2D eigenvalue weighted by atomic mass is 9.35. The van der Waals surface area contributed by atoms with E-state index in [4.69, 9.17) is 9.47 Å². The predicted molar refractivity (Wildman–Crippen MR) is 196 cm³/mol. The molecule has 0 unspecified atom stereocenters. The number of benzene rings is 1. The molecule has 6 nitrogen and oxygen atoms in total. The maximum Gasteiger partial charge on any atom is 0.320 e. The largest absolute Gasteiger partial charge is 0.461 e. The molecule has 6 fully saturated rings. The van der Waals surface area contributed by atoms with Crippen molar-refractivity contribution in [3.63, 3.8) is 0 Å². The molecule has 6 heteroatoms. The zero-order valence-electron chi connectivity index (χ0n) is 32.2. The number of aliphatic hydroxyl groups excluding tert-OH is 1. The van der Waals surface area contributed by atoms with Crippen molar-refractivity contribution >= 4 is 5.97 Å². The Bertz CT molecular complexity index is 1360. The minimum absolute atomic E-state index is 0.0544. The van der Waals surface area contributed by atoms with E-state index in [-0.39, 0.29) is 51.0 Å². The molecule has 49 heavy (non-hydrogen) atoms. The van der Waals surface area contributed by atoms with Crippen LogP contribution in [-0.2, 0) is 20.8 Å². The van der Waals surface area contributed by atoms with Crippen molar-refractivity contribution in [2.75, 3.05) is 32.7 Å². The molecule has 1 N–H and O–H groups in total. The van der Waals surface area contributed by atoms with Crippen molar-refractivity contribution in [3.8, 4) is 0 Å². The Morgan fingerprint density at radius 3 is 2.18 bits per heavy atom. The summed E-state index contributed by atoms with van der Waals surface area (Å²) in [6, 6.07) is 10.7. The summed E-state index contributed by atoms with van der Waals surface area (Å²) in [5, 5.41) is 12.3. The number of fused-ring (bicyclic) bond motifs is 5. The van der Waals surface area contributed by atoms with Crippen LogP contribution in [0.15, 0.2) is 30.3 Å². The number of carbonyl (C=O) groups excluding carboxylic acids is 1. The van der Waals surface area contributed by atoms with Crippen molar-refractivity contribution in [2.24, 2.45) is 45.3 Å². The first-order valence-electron chi connectivity index (χ1n) is 20.1. The van der Waals surface area contributed by atoms with Gasteiger partial charge in [0.25, 0.3) is 0 Å². The first kappa shape index (κ1) is 35.9. The first-order valence-corrected chi connectivity index (χ1v) is 20.1. The van der Waals surface area contributed by atoms with Gasteiger partial charge in [-0.3, -0.25) is 14.6 Å². The Hall–Kier alpha value is -1.47. The number of carbonyl (C=O) groups is 1. The number of rotatable bonds is 6. The molecule has 0 aromatic heterocycles. The van der Waals surface area contributed by atoms with Crippen LogP contribution in [-0.4, -0.2) is 77.0 Å². The molecular weight excluding hydrogens is 608 g/mol. The Labute approximate surface area is 298 Å². The van der Waals surface area contributed by atoms with Crippen LogP contribution in [0.2, 0.25) is 0 Å². The lowest BCUT2D eigenvalue weighted by molar-refractivity contribution is -0.259. The van der Waals surface area contributed by atoms with Crippen LogP contribution in [0.25, 0.3) is 0 Å². The Morgan fingerprint density at radius 1 is 0.816 bits per heavy atom. The van der Waals surface area contributed by atoms with E-state index in [1.165, 1.54) is 37.7 Å². The molecule has 4 saturated carbocycles. The van der Waals surface area contributed by atoms with Crippen LogP contribution in [0.3, 0.4) is 0 Å². The molecular formula is C43H68N2O4. The standard InChI is InChI=1S/C43H68N2O4/c1-38(2)18-12-19-43(8,49-38)31-15-21-42(7)37(31)32(46)27-34-40(5)20-17-35(39(3,4)33(40)16-22-41(34,42)6)48-36(47)29-45-25-23-44(24-26-45)28-30-13-10-9-11-14-30/h9-11,13-14,31-35,37,46H,12,15-29H2,1-8H3/t31-,32+,33-,34+,35-,37-,40-,41+,42+,43+/m0/s1. The quantitative estimate of drug-likeness (QED) is 0.307. The number of hydrogen-bond acceptors (Lipinski definition) is 6. The van der Waals surface area contributed by atoms with Crippen LogP contribution in [0, 0.1) is 45.3 Å². The van der Waals surface area contributed by atoms with E-state index < -0.39 is 0 Å². The van der Waals surface area contributed by atoms with E-state index in [9.17, 15) is 9.90 Å². The average molecular weight is 677 g/mol. The van der Waals surface area contributed by atoms with Gasteiger partial charge in [0.15, 0.2) is 0 Å². The third-order valence-electron chi connectivity index (χ3n) is 16.4. The number of nitrogens with zero attached hydrogens (tertiary/aromatic N) is 2. The van der Waals surface area contributed by atoms with Gasteiger partial charge in [-0.15, -0.1) is 0 Å². The maximum atomic E-state index is 13.5. The molecule has 2 saturated heterocycles. The maximum absolute atomic E-state index is 13.5. The van der Waals surface area contributed by atoms with E-state index in [0.717, 1.165) is 64.8 Å². The summed E-state index contributed by atoms with van der Waals surface area (Å²) in [4.78, 5) is 18.2. The van der Waals surface area contributed by atoms with Crippen molar-refractivity contribution in [1.29, 1.82) is 0 Å². The van der Waals surface area contributed by atoms with Gasteiger partial charge in [-0.2, -0.15) is 0 Å². The van der Waals surface area contributed by atoms with E-state index in [0.29, 0.717) is 30.2 Å². The second kappa shape index (κ2) is 12.6. The number of ether oxygens (including phenoxy) is 2. The smallest absolute Gasteiger partial charge is 0.320 e. The minimum atomic E-state index is -0.288. The van der Waals surface area contributed by atoms with Gasteiger partial charge >= 0.3 is 5.97 Å². The van der Waals surface area contributed by atoms with Crippen molar-refractivity contribution < 1.29 is 19.4 Å². The highest BCUT2D eigenvalue weighted by molar-refractivity contribution is 5.72. The molecule has 1 aromatic rings. The molecule has 0 radical (unpaired) electrons. The van der Waals surface area contributed by atoms with Gasteiger partial charge in [-0.25, -0.2) is 0 Å². The Kier molecular flexibility index (Phi) is 9.23. The van der Waals surface area contributed by atoms with Crippen molar-refractivity contribution in [3.05, 3.63) is 35.9 Å². The summed E-state index contributed by atoms with van der Waals surface area (Å²) in [6.07, 6.45) is 10.7. The topological polar surface area (TPSA) is 62.2 Å². The van der Waals surface area contributed by atoms with Gasteiger partial charge in [0.1, 0.15) is 6.10 Å². The highest BCUT2D eigenvalue weighted by atomic mass is 16.5. The third kappa shape index (κ3) is 6.05. The molecule has 2 heterocycles. The molecule has 10 atom stereocenters. The van der Waals surface area contributed by atoms with Gasteiger partial charge < -0.3 is 14.6 Å². The summed E-state index contributed by atoms with van der Waals surface area (Å²) >= 11 is 0. The fourth-order valence-corrected chi connectivity index (χ4v) is 13.8. The highest BCUT2D eigenvalue weighted by Gasteiger charge is 2.72. The summed E-state index contributed by atoms with van der Waals surface area (Å²) in [5.41, 5.74) is 1.40. The summed E-state index contributed by atoms with van der Waals surface area (Å²) < 4.78 is 13.4. The predicted octanol–water partition coefficient (Wildman–Crippen LogP) is 8.11. The van der Waals surface area contributed by atoms with Gasteiger partial charge in [0.2, 0.25) is 0 Å². The fourth-order valence-electron chi connectivity index (χ4n) is 13.8. The van der Waals surface area contributed by atoms with Gasteiger partial charge in [0, 0.05) is 38.1 Å². The summed E-state index contributed by atoms with van der Waals surface area (Å²) in [6.45, 7) is 24.5. The van der Waals surface area contributed by atoms with Gasteiger partial charge in [-0.05, 0) is 130 Å². The van der Waals surface area contributed by atoms with Crippen LogP contribution in [0.1, 0.15) is 125 Å². The second-order valence-electron chi connectivity index (χ2n) is 19.9. The van der Waals surface area contributed by atoms with E-state index in [1.807, 2.05) is 0 Å². The normalized spacial score (nSPS) is 45.2. The number of hydrogen-bond donors (Lipinski definition) is 1. The summed E-state index contributed by atoms with van der Waals surface area (Å²) in [5.74, 6) is 1.58. The molecule has 6 aliphatic rings. The Balaban J connectivity index is 1.01. The highest BCUT2D eigenvalue weighted by Crippen LogP contribution is 2.76. The fraction of sp³-hybridized carbons (Fsp3) is 0.837. The Morgan fingerprint density at radius 2 is 1.49 bits per heavy atom. The van der Waals surface area contributed by atoms with Crippen LogP contribution in [0.5, 0.6) is 0 Å². The number of aliphatic hydroxyl groups is 1. The van der Waals surface area contributed by atoms with Crippen molar-refractivity contribution in [2.45, 2.75) is 150 Å². The van der Waals surface area contributed by atoms with Crippen LogP contribution >= 0.6 is 0 Å². The zero-order valence-corrected chi connectivity index (χ0v) is 32.2. The molecule has 2 aliphatic heterocycles. The molecule has 0 spiro atoms. The molecule has 0 bridgehead atoms. The zero-order chi connectivity index (χ0) is 35.0. The number of piperazine rings is 1. The van der Waals surface area contributed by atoms with Crippen LogP contribution < -0.4 is 0 Å².